The minimum absolute atomic E-state index is 0.0257. The number of hydrogen-bond acceptors (Lipinski definition) is 6. The van der Waals surface area contributed by atoms with Crippen molar-refractivity contribution in [1.82, 2.24) is 24.1 Å². The van der Waals surface area contributed by atoms with Crippen LogP contribution >= 0.6 is 0 Å². The zero-order valence-electron chi connectivity index (χ0n) is 19.5. The summed E-state index contributed by atoms with van der Waals surface area (Å²) in [7, 11) is 3.12. The third-order valence-corrected chi connectivity index (χ3v) is 5.91. The van der Waals surface area contributed by atoms with Crippen molar-refractivity contribution >= 4 is 11.8 Å². The van der Waals surface area contributed by atoms with Gasteiger partial charge in [-0.3, -0.25) is 14.4 Å². The molecule has 0 radical (unpaired) electrons. The number of amides is 2. The van der Waals surface area contributed by atoms with Crippen LogP contribution in [0.5, 0.6) is 0 Å². The number of piperazine rings is 1. The fourth-order valence-electron chi connectivity index (χ4n) is 4.13. The molecule has 0 atom stereocenters. The van der Waals surface area contributed by atoms with Crippen LogP contribution < -0.4 is 5.56 Å². The summed E-state index contributed by atoms with van der Waals surface area (Å²) in [5.41, 5.74) is 1.50. The van der Waals surface area contributed by atoms with Crippen LogP contribution in [0.2, 0.25) is 0 Å². The van der Waals surface area contributed by atoms with Crippen LogP contribution in [-0.2, 0) is 20.8 Å². The normalized spacial score (nSPS) is 14.1. The number of carbonyl (C=O) groups is 2. The third-order valence-electron chi connectivity index (χ3n) is 5.91. The van der Waals surface area contributed by atoms with Crippen LogP contribution in [0.25, 0.3) is 16.9 Å². The predicted molar refractivity (Wildman–Crippen MR) is 125 cm³/mol. The number of benzene rings is 1. The van der Waals surface area contributed by atoms with E-state index in [0.29, 0.717) is 61.8 Å². The summed E-state index contributed by atoms with van der Waals surface area (Å²) in [6, 6.07) is 9.15. The molecule has 3 aliphatic heterocycles. The fourth-order valence-corrected chi connectivity index (χ4v) is 4.13. The number of fused-ring (bicyclic) bond motifs is 1. The van der Waals surface area contributed by atoms with Crippen molar-refractivity contribution in [3.63, 3.8) is 0 Å². The van der Waals surface area contributed by atoms with E-state index in [4.69, 9.17) is 9.47 Å². The van der Waals surface area contributed by atoms with Gasteiger partial charge in [-0.15, -0.1) is 0 Å². The van der Waals surface area contributed by atoms with E-state index in [2.05, 4.69) is 5.10 Å². The third kappa shape index (κ3) is 4.87. The number of para-hydroxylation sites is 1. The van der Waals surface area contributed by atoms with E-state index in [0.717, 1.165) is 6.42 Å². The van der Waals surface area contributed by atoms with Gasteiger partial charge in [0, 0.05) is 65.9 Å². The standard InChI is InChI=1S/C24H29N5O5/c1-33-14-6-9-26-15-19(23(31)28-12-10-27(11-13-28)21(30)17-34-2)22-20(16-26)24(32)29(25-22)18-7-4-3-5-8-18/h3-5,7-8,15-16H,6,9-14,17H2,1-2H3. The number of nitrogens with zero attached hydrogens (tertiary/aromatic N) is 5. The van der Waals surface area contributed by atoms with Gasteiger partial charge in [0.1, 0.15) is 12.3 Å². The highest BCUT2D eigenvalue weighted by Crippen LogP contribution is 2.24. The van der Waals surface area contributed by atoms with Crippen molar-refractivity contribution in [2.24, 2.45) is 0 Å². The molecule has 3 aliphatic rings. The molecule has 10 nitrogen and oxygen atoms in total. The number of rotatable bonds is 8. The van der Waals surface area contributed by atoms with Crippen LogP contribution in [-0.4, -0.2) is 89.6 Å². The lowest BCUT2D eigenvalue weighted by Gasteiger charge is -2.35. The van der Waals surface area contributed by atoms with Crippen LogP contribution in [0.15, 0.2) is 47.5 Å². The van der Waals surface area contributed by atoms with Crippen molar-refractivity contribution in [3.8, 4) is 16.9 Å². The Morgan fingerprint density at radius 1 is 0.971 bits per heavy atom. The molecule has 0 N–H and O–H groups in total. The first-order valence-corrected chi connectivity index (χ1v) is 11.3. The molecule has 0 aromatic heterocycles. The lowest BCUT2D eigenvalue weighted by molar-refractivity contribution is -0.136. The van der Waals surface area contributed by atoms with E-state index in [1.807, 2.05) is 22.8 Å². The van der Waals surface area contributed by atoms with Gasteiger partial charge in [0.25, 0.3) is 11.5 Å². The highest BCUT2D eigenvalue weighted by Gasteiger charge is 2.30. The van der Waals surface area contributed by atoms with Crippen molar-refractivity contribution < 1.29 is 19.1 Å². The smallest absolute Gasteiger partial charge is 0.282 e. The monoisotopic (exact) mass is 467 g/mol. The maximum atomic E-state index is 13.6. The lowest BCUT2D eigenvalue weighted by Crippen LogP contribution is -2.51. The molecule has 1 saturated heterocycles. The molecule has 0 unspecified atom stereocenters. The molecular weight excluding hydrogens is 438 g/mol. The Balaban J connectivity index is 1.67. The van der Waals surface area contributed by atoms with Crippen LogP contribution in [0.3, 0.4) is 0 Å². The Morgan fingerprint density at radius 2 is 1.68 bits per heavy atom. The van der Waals surface area contributed by atoms with Crippen LogP contribution in [0.4, 0.5) is 0 Å². The Labute approximate surface area is 197 Å². The average molecular weight is 468 g/mol. The molecule has 0 aliphatic carbocycles. The van der Waals surface area contributed by atoms with Gasteiger partial charge in [0.05, 0.1) is 16.8 Å². The first-order valence-electron chi connectivity index (χ1n) is 11.3. The summed E-state index contributed by atoms with van der Waals surface area (Å²) in [6.45, 7) is 2.86. The van der Waals surface area contributed by atoms with Gasteiger partial charge in [-0.2, -0.15) is 9.78 Å². The first-order chi connectivity index (χ1) is 16.5. The number of ether oxygens (including phenoxy) is 2. The molecule has 4 rings (SSSR count). The van der Waals surface area contributed by atoms with E-state index in [1.165, 1.54) is 11.8 Å². The second-order valence-corrected chi connectivity index (χ2v) is 8.18. The summed E-state index contributed by atoms with van der Waals surface area (Å²) in [4.78, 5) is 42.3. The summed E-state index contributed by atoms with van der Waals surface area (Å²) in [5, 5.41) is 4.54. The Kier molecular flexibility index (Phi) is 7.39. The summed E-state index contributed by atoms with van der Waals surface area (Å²) in [5.74, 6) is -0.298. The summed E-state index contributed by atoms with van der Waals surface area (Å²) < 4.78 is 13.3. The number of hydrogen-bond donors (Lipinski definition) is 0. The Hall–Kier alpha value is -3.50. The topological polar surface area (TPSA) is 98.9 Å². The fraction of sp³-hybridized carbons (Fsp3) is 0.417. The molecule has 1 aromatic carbocycles. The molecule has 10 heteroatoms. The van der Waals surface area contributed by atoms with Crippen molar-refractivity contribution in [2.45, 2.75) is 13.0 Å². The highest BCUT2D eigenvalue weighted by molar-refractivity contribution is 6.00. The van der Waals surface area contributed by atoms with Gasteiger partial charge in [0.2, 0.25) is 5.91 Å². The molecule has 1 aromatic rings. The van der Waals surface area contributed by atoms with Gasteiger partial charge < -0.3 is 23.8 Å². The van der Waals surface area contributed by atoms with Gasteiger partial charge in [-0.1, -0.05) is 18.2 Å². The molecule has 0 bridgehead atoms. The molecular formula is C24H29N5O5. The van der Waals surface area contributed by atoms with E-state index in [1.54, 1.807) is 41.4 Å². The van der Waals surface area contributed by atoms with Crippen molar-refractivity contribution in [2.75, 3.05) is 53.6 Å². The minimum atomic E-state index is -0.272. The zero-order valence-corrected chi connectivity index (χ0v) is 19.5. The largest absolute Gasteiger partial charge is 0.385 e. The second kappa shape index (κ2) is 10.6. The highest BCUT2D eigenvalue weighted by atomic mass is 16.5. The maximum Gasteiger partial charge on any atom is 0.282 e. The molecule has 1 fully saturated rings. The van der Waals surface area contributed by atoms with Gasteiger partial charge >= 0.3 is 0 Å². The second-order valence-electron chi connectivity index (χ2n) is 8.18. The molecule has 180 valence electrons. The molecule has 0 spiro atoms. The number of pyridine rings is 1. The summed E-state index contributed by atoms with van der Waals surface area (Å²) >= 11 is 0. The SMILES string of the molecule is COCCCn1cc(C(=O)N2CCN(C(=O)COC)CC2)c2nn(-c3ccccc3)c(=O)c-2c1. The molecule has 0 saturated carbocycles. The molecule has 2 amide bonds. The lowest BCUT2D eigenvalue weighted by atomic mass is 10.1. The van der Waals surface area contributed by atoms with E-state index >= 15 is 0 Å². The average Bonchev–Trinajstić information content (AvgIpc) is 3.20. The number of aromatic nitrogens is 3. The number of aryl methyl sites for hydroxylation is 1. The Morgan fingerprint density at radius 3 is 2.35 bits per heavy atom. The Bertz CT molecular complexity index is 1160. The van der Waals surface area contributed by atoms with E-state index in [-0.39, 0.29) is 24.0 Å². The van der Waals surface area contributed by atoms with E-state index in [9.17, 15) is 14.4 Å². The maximum absolute atomic E-state index is 13.6. The number of carbonyl (C=O) groups excluding carboxylic acids is 2. The predicted octanol–water partition coefficient (Wildman–Crippen LogP) is 1.11. The van der Waals surface area contributed by atoms with Crippen molar-refractivity contribution in [1.29, 1.82) is 0 Å². The van der Waals surface area contributed by atoms with Crippen molar-refractivity contribution in [3.05, 3.63) is 58.6 Å². The van der Waals surface area contributed by atoms with Crippen LogP contribution in [0.1, 0.15) is 16.8 Å². The molecule has 34 heavy (non-hydrogen) atoms. The van der Waals surface area contributed by atoms with Gasteiger partial charge in [-0.05, 0) is 18.6 Å². The summed E-state index contributed by atoms with van der Waals surface area (Å²) in [6.07, 6.45) is 4.24. The van der Waals surface area contributed by atoms with E-state index < -0.39 is 0 Å². The number of methoxy groups -OCH3 is 2. The quantitative estimate of drug-likeness (QED) is 0.460. The zero-order chi connectivity index (χ0) is 24.1. The van der Waals surface area contributed by atoms with Gasteiger partial charge in [0.15, 0.2) is 0 Å². The minimum Gasteiger partial charge on any atom is -0.385 e. The molecule has 3 heterocycles. The first kappa shape index (κ1) is 23.7. The van der Waals surface area contributed by atoms with Crippen LogP contribution in [0, 0.1) is 0 Å². The van der Waals surface area contributed by atoms with Gasteiger partial charge in [-0.25, -0.2) is 0 Å².